The SMILES string of the molecule is COc1cc(C)c(S(=O)(=O)N=C(N)N(C)C)c(C)c1C. The molecule has 0 aromatic heterocycles. The van der Waals surface area contributed by atoms with Gasteiger partial charge in [-0.25, -0.2) is 0 Å². The van der Waals surface area contributed by atoms with E-state index in [0.29, 0.717) is 16.9 Å². The Morgan fingerprint density at radius 2 is 1.80 bits per heavy atom. The molecule has 112 valence electrons. The van der Waals surface area contributed by atoms with Crippen molar-refractivity contribution >= 4 is 16.0 Å². The van der Waals surface area contributed by atoms with Crippen LogP contribution in [-0.4, -0.2) is 40.5 Å². The van der Waals surface area contributed by atoms with Gasteiger partial charge in [-0.1, -0.05) is 0 Å². The van der Waals surface area contributed by atoms with Crippen LogP contribution >= 0.6 is 0 Å². The smallest absolute Gasteiger partial charge is 0.286 e. The highest BCUT2D eigenvalue weighted by Crippen LogP contribution is 2.31. The van der Waals surface area contributed by atoms with Crippen molar-refractivity contribution in [1.29, 1.82) is 0 Å². The highest BCUT2D eigenvalue weighted by Gasteiger charge is 2.23. The lowest BCUT2D eigenvalue weighted by Crippen LogP contribution is -2.31. The first kappa shape index (κ1) is 16.3. The molecule has 7 heteroatoms. The molecule has 2 N–H and O–H groups in total. The van der Waals surface area contributed by atoms with Crippen molar-refractivity contribution in [2.24, 2.45) is 10.1 Å². The van der Waals surface area contributed by atoms with Crippen molar-refractivity contribution in [1.82, 2.24) is 4.90 Å². The molecule has 0 fully saturated rings. The summed E-state index contributed by atoms with van der Waals surface area (Å²) < 4.78 is 33.7. The zero-order valence-electron chi connectivity index (χ0n) is 12.7. The van der Waals surface area contributed by atoms with Crippen LogP contribution in [0.3, 0.4) is 0 Å². The first-order valence-electron chi connectivity index (χ1n) is 6.04. The van der Waals surface area contributed by atoms with Gasteiger partial charge in [-0.15, -0.1) is 4.40 Å². The maximum Gasteiger partial charge on any atom is 0.286 e. The highest BCUT2D eigenvalue weighted by molar-refractivity contribution is 7.90. The summed E-state index contributed by atoms with van der Waals surface area (Å²) in [6.45, 7) is 5.26. The molecule has 1 aromatic carbocycles. The second kappa shape index (κ2) is 5.70. The number of guanidine groups is 1. The van der Waals surface area contributed by atoms with E-state index in [4.69, 9.17) is 10.5 Å². The second-order valence-corrected chi connectivity index (χ2v) is 6.33. The quantitative estimate of drug-likeness (QED) is 0.669. The van der Waals surface area contributed by atoms with Crippen molar-refractivity contribution in [3.05, 3.63) is 22.8 Å². The van der Waals surface area contributed by atoms with Gasteiger partial charge in [-0.2, -0.15) is 8.42 Å². The third-order valence-electron chi connectivity index (χ3n) is 3.13. The fourth-order valence-electron chi connectivity index (χ4n) is 1.88. The summed E-state index contributed by atoms with van der Waals surface area (Å²) in [5, 5.41) is 0. The first-order valence-corrected chi connectivity index (χ1v) is 7.48. The summed E-state index contributed by atoms with van der Waals surface area (Å²) in [5.41, 5.74) is 7.59. The fraction of sp³-hybridized carbons (Fsp3) is 0.462. The predicted molar refractivity (Wildman–Crippen MR) is 79.7 cm³/mol. The average molecular weight is 299 g/mol. The van der Waals surface area contributed by atoms with Gasteiger partial charge in [0.15, 0.2) is 0 Å². The van der Waals surface area contributed by atoms with E-state index >= 15 is 0 Å². The van der Waals surface area contributed by atoms with Gasteiger partial charge in [0.05, 0.1) is 12.0 Å². The normalized spacial score (nSPS) is 12.4. The Morgan fingerprint density at radius 1 is 1.25 bits per heavy atom. The van der Waals surface area contributed by atoms with Crippen molar-refractivity contribution in [2.45, 2.75) is 25.7 Å². The summed E-state index contributed by atoms with van der Waals surface area (Å²) in [4.78, 5) is 1.62. The number of benzene rings is 1. The molecule has 0 bridgehead atoms. The molecule has 0 heterocycles. The third kappa shape index (κ3) is 3.04. The lowest BCUT2D eigenvalue weighted by molar-refractivity contribution is 0.410. The number of aryl methyl sites for hydroxylation is 1. The maximum atomic E-state index is 12.4. The van der Waals surface area contributed by atoms with Crippen LogP contribution in [0, 0.1) is 20.8 Å². The number of ether oxygens (including phenoxy) is 1. The second-order valence-electron chi connectivity index (χ2n) is 4.79. The van der Waals surface area contributed by atoms with Crippen LogP contribution < -0.4 is 10.5 Å². The van der Waals surface area contributed by atoms with Crippen molar-refractivity contribution < 1.29 is 13.2 Å². The van der Waals surface area contributed by atoms with Gasteiger partial charge in [0.1, 0.15) is 5.75 Å². The van der Waals surface area contributed by atoms with E-state index < -0.39 is 10.0 Å². The van der Waals surface area contributed by atoms with E-state index in [2.05, 4.69) is 4.40 Å². The van der Waals surface area contributed by atoms with Crippen LogP contribution in [-0.2, 0) is 10.0 Å². The Kier molecular flexibility index (Phi) is 4.65. The Labute approximate surface area is 120 Å². The van der Waals surface area contributed by atoms with Gasteiger partial charge in [0.2, 0.25) is 5.96 Å². The summed E-state index contributed by atoms with van der Waals surface area (Å²) >= 11 is 0. The van der Waals surface area contributed by atoms with Crippen LogP contribution in [0.4, 0.5) is 0 Å². The number of hydrogen-bond donors (Lipinski definition) is 1. The number of sulfonamides is 1. The van der Waals surface area contributed by atoms with Crippen LogP contribution in [0.1, 0.15) is 16.7 Å². The third-order valence-corrected chi connectivity index (χ3v) is 4.70. The molecule has 20 heavy (non-hydrogen) atoms. The Balaban J connectivity index is 3.56. The van der Waals surface area contributed by atoms with Crippen LogP contribution in [0.25, 0.3) is 0 Å². The molecule has 0 amide bonds. The minimum Gasteiger partial charge on any atom is -0.496 e. The van der Waals surface area contributed by atoms with Gasteiger partial charge < -0.3 is 15.4 Å². The Bertz CT molecular complexity index is 649. The van der Waals surface area contributed by atoms with E-state index in [1.807, 2.05) is 6.92 Å². The number of rotatable bonds is 3. The average Bonchev–Trinajstić information content (AvgIpc) is 2.32. The van der Waals surface area contributed by atoms with E-state index in [1.165, 1.54) is 4.90 Å². The molecule has 0 saturated heterocycles. The fourth-order valence-corrected chi connectivity index (χ4v) is 3.39. The number of nitrogens with zero attached hydrogens (tertiary/aromatic N) is 2. The zero-order chi connectivity index (χ0) is 15.7. The van der Waals surface area contributed by atoms with Gasteiger partial charge in [0.25, 0.3) is 10.0 Å². The van der Waals surface area contributed by atoms with Crippen molar-refractivity contribution in [2.75, 3.05) is 21.2 Å². The molecular formula is C13H21N3O3S. The van der Waals surface area contributed by atoms with Crippen LogP contribution in [0.5, 0.6) is 5.75 Å². The van der Waals surface area contributed by atoms with E-state index in [9.17, 15) is 8.42 Å². The summed E-state index contributed by atoms with van der Waals surface area (Å²) in [6, 6.07) is 1.69. The molecule has 0 aliphatic heterocycles. The largest absolute Gasteiger partial charge is 0.496 e. The molecule has 6 nitrogen and oxygen atoms in total. The Morgan fingerprint density at radius 3 is 2.25 bits per heavy atom. The summed E-state index contributed by atoms with van der Waals surface area (Å²) in [6.07, 6.45) is 0. The molecular weight excluding hydrogens is 278 g/mol. The molecule has 0 aliphatic carbocycles. The molecule has 0 aliphatic rings. The Hall–Kier alpha value is -1.76. The molecule has 0 atom stereocenters. The topological polar surface area (TPSA) is 85.0 Å². The van der Waals surface area contributed by atoms with E-state index in [1.54, 1.807) is 41.1 Å². The predicted octanol–water partition coefficient (Wildman–Crippen LogP) is 1.19. The zero-order valence-corrected chi connectivity index (χ0v) is 13.5. The molecule has 0 saturated carbocycles. The lowest BCUT2D eigenvalue weighted by atomic mass is 10.1. The minimum atomic E-state index is -3.85. The number of hydrogen-bond acceptors (Lipinski definition) is 3. The van der Waals surface area contributed by atoms with Gasteiger partial charge in [0, 0.05) is 14.1 Å². The van der Waals surface area contributed by atoms with E-state index in [0.717, 1.165) is 5.56 Å². The van der Waals surface area contributed by atoms with Gasteiger partial charge >= 0.3 is 0 Å². The van der Waals surface area contributed by atoms with Crippen LogP contribution in [0.15, 0.2) is 15.4 Å². The molecule has 0 spiro atoms. The number of methoxy groups -OCH3 is 1. The maximum absolute atomic E-state index is 12.4. The first-order chi connectivity index (χ1) is 9.11. The molecule has 0 radical (unpaired) electrons. The summed E-state index contributed by atoms with van der Waals surface area (Å²) in [5.74, 6) is 0.598. The monoisotopic (exact) mass is 299 g/mol. The van der Waals surface area contributed by atoms with Crippen LogP contribution in [0.2, 0.25) is 0 Å². The summed E-state index contributed by atoms with van der Waals surface area (Å²) in [7, 11) is 0.970. The highest BCUT2D eigenvalue weighted by atomic mass is 32.2. The number of nitrogens with two attached hydrogens (primary N) is 1. The minimum absolute atomic E-state index is 0.0581. The molecule has 0 unspecified atom stereocenters. The molecule has 1 aromatic rings. The van der Waals surface area contributed by atoms with E-state index in [-0.39, 0.29) is 10.9 Å². The van der Waals surface area contributed by atoms with Gasteiger partial charge in [-0.05, 0) is 43.5 Å². The van der Waals surface area contributed by atoms with Crippen molar-refractivity contribution in [3.63, 3.8) is 0 Å². The standard InChI is InChI=1S/C13H21N3O3S/c1-8-7-11(19-6)9(2)10(3)12(8)20(17,18)15-13(14)16(4)5/h7H,1-6H3,(H2,14,15). The lowest BCUT2D eigenvalue weighted by Gasteiger charge is -2.15. The van der Waals surface area contributed by atoms with Gasteiger partial charge in [-0.3, -0.25) is 0 Å². The van der Waals surface area contributed by atoms with Crippen molar-refractivity contribution in [3.8, 4) is 5.75 Å². The molecule has 1 rings (SSSR count).